The van der Waals surface area contributed by atoms with E-state index in [1.165, 1.54) is 32.2 Å². The lowest BCUT2D eigenvalue weighted by Gasteiger charge is -2.32. The fourth-order valence-electron chi connectivity index (χ4n) is 2.17. The van der Waals surface area contributed by atoms with Gasteiger partial charge in [-0.05, 0) is 45.0 Å². The number of hydrogen-bond acceptors (Lipinski definition) is 4. The summed E-state index contributed by atoms with van der Waals surface area (Å²) in [4.78, 5) is 2.50. The molecule has 1 atom stereocenters. The summed E-state index contributed by atoms with van der Waals surface area (Å²) in [5.74, 6) is 1.15. The van der Waals surface area contributed by atoms with Gasteiger partial charge in [0.2, 0.25) is 0 Å². The van der Waals surface area contributed by atoms with Gasteiger partial charge in [0.25, 0.3) is 0 Å². The van der Waals surface area contributed by atoms with Crippen molar-refractivity contribution in [2.45, 2.75) is 36.8 Å². The van der Waals surface area contributed by atoms with E-state index in [-0.39, 0.29) is 0 Å². The highest BCUT2D eigenvalue weighted by Gasteiger charge is 2.18. The van der Waals surface area contributed by atoms with Gasteiger partial charge < -0.3 is 4.90 Å². The predicted octanol–water partition coefficient (Wildman–Crippen LogP) is 2.44. The zero-order chi connectivity index (χ0) is 11.2. The SMILES string of the molecule is CN1CCCCC1CCSc1cccnn1. The molecule has 2 rings (SSSR count). The number of thioether (sulfide) groups is 1. The maximum Gasteiger partial charge on any atom is 0.119 e. The van der Waals surface area contributed by atoms with Crippen LogP contribution in [0.5, 0.6) is 0 Å². The van der Waals surface area contributed by atoms with Crippen LogP contribution >= 0.6 is 11.8 Å². The molecule has 0 radical (unpaired) electrons. The molecule has 0 amide bonds. The quantitative estimate of drug-likeness (QED) is 0.752. The molecule has 0 aliphatic carbocycles. The van der Waals surface area contributed by atoms with Crippen LogP contribution in [0.25, 0.3) is 0 Å². The minimum atomic E-state index is 0.776. The van der Waals surface area contributed by atoms with Crippen molar-refractivity contribution in [3.05, 3.63) is 18.3 Å². The van der Waals surface area contributed by atoms with Crippen molar-refractivity contribution in [1.82, 2.24) is 15.1 Å². The second-order valence-corrected chi connectivity index (χ2v) is 5.44. The Morgan fingerprint density at radius 2 is 2.44 bits per heavy atom. The summed E-state index contributed by atoms with van der Waals surface area (Å²) in [6.45, 7) is 1.26. The van der Waals surface area contributed by atoms with Crippen molar-refractivity contribution in [2.75, 3.05) is 19.3 Å². The number of hydrogen-bond donors (Lipinski definition) is 0. The van der Waals surface area contributed by atoms with Gasteiger partial charge in [0, 0.05) is 18.0 Å². The van der Waals surface area contributed by atoms with Crippen LogP contribution in [-0.2, 0) is 0 Å². The summed E-state index contributed by atoms with van der Waals surface area (Å²) in [7, 11) is 2.25. The predicted molar refractivity (Wildman–Crippen MR) is 67.6 cm³/mol. The largest absolute Gasteiger partial charge is 0.303 e. The minimum Gasteiger partial charge on any atom is -0.303 e. The third-order valence-corrected chi connectivity index (χ3v) is 4.12. The molecule has 0 spiro atoms. The van der Waals surface area contributed by atoms with Gasteiger partial charge in [0.05, 0.1) is 0 Å². The summed E-state index contributed by atoms with van der Waals surface area (Å²) >= 11 is 1.82. The van der Waals surface area contributed by atoms with Crippen LogP contribution in [0.2, 0.25) is 0 Å². The van der Waals surface area contributed by atoms with Gasteiger partial charge in [-0.3, -0.25) is 0 Å². The topological polar surface area (TPSA) is 29.0 Å². The van der Waals surface area contributed by atoms with Crippen molar-refractivity contribution >= 4 is 11.8 Å². The lowest BCUT2D eigenvalue weighted by atomic mass is 10.0. The highest BCUT2D eigenvalue weighted by molar-refractivity contribution is 7.99. The average molecular weight is 237 g/mol. The van der Waals surface area contributed by atoms with Gasteiger partial charge >= 0.3 is 0 Å². The molecule has 16 heavy (non-hydrogen) atoms. The van der Waals surface area contributed by atoms with Crippen molar-refractivity contribution in [3.63, 3.8) is 0 Å². The van der Waals surface area contributed by atoms with E-state index >= 15 is 0 Å². The summed E-state index contributed by atoms with van der Waals surface area (Å²) in [6.07, 6.45) is 7.10. The van der Waals surface area contributed by atoms with Gasteiger partial charge in [0.15, 0.2) is 0 Å². The molecule has 3 nitrogen and oxygen atoms in total. The fraction of sp³-hybridized carbons (Fsp3) is 0.667. The summed E-state index contributed by atoms with van der Waals surface area (Å²) in [5, 5.41) is 9.01. The Bertz CT molecular complexity index is 304. The van der Waals surface area contributed by atoms with Gasteiger partial charge in [-0.2, -0.15) is 5.10 Å². The van der Waals surface area contributed by atoms with Gasteiger partial charge in [-0.15, -0.1) is 16.9 Å². The van der Waals surface area contributed by atoms with Crippen molar-refractivity contribution in [1.29, 1.82) is 0 Å². The van der Waals surface area contributed by atoms with E-state index in [4.69, 9.17) is 0 Å². The first-order valence-electron chi connectivity index (χ1n) is 5.97. The molecule has 2 heterocycles. The molecule has 0 bridgehead atoms. The first-order chi connectivity index (χ1) is 7.86. The summed E-state index contributed by atoms with van der Waals surface area (Å²) in [6, 6.07) is 4.75. The highest BCUT2D eigenvalue weighted by atomic mass is 32.2. The number of piperidine rings is 1. The molecular formula is C12H19N3S. The maximum atomic E-state index is 4.08. The van der Waals surface area contributed by atoms with Crippen LogP contribution in [0, 0.1) is 0 Å². The Morgan fingerprint density at radius 1 is 1.50 bits per heavy atom. The number of likely N-dealkylation sites (tertiary alicyclic amines) is 1. The molecule has 0 N–H and O–H groups in total. The molecule has 4 heteroatoms. The zero-order valence-corrected chi connectivity index (χ0v) is 10.6. The molecule has 1 aliphatic rings. The van der Waals surface area contributed by atoms with Gasteiger partial charge in [-0.1, -0.05) is 6.42 Å². The van der Waals surface area contributed by atoms with Crippen LogP contribution in [0.3, 0.4) is 0 Å². The molecule has 0 aromatic carbocycles. The number of nitrogens with zero attached hydrogens (tertiary/aromatic N) is 3. The highest BCUT2D eigenvalue weighted by Crippen LogP contribution is 2.22. The first kappa shape index (κ1) is 11.9. The smallest absolute Gasteiger partial charge is 0.119 e. The fourth-order valence-corrected chi connectivity index (χ4v) is 3.05. The van der Waals surface area contributed by atoms with E-state index in [0.29, 0.717) is 0 Å². The second kappa shape index (κ2) is 6.21. The van der Waals surface area contributed by atoms with Crippen LogP contribution in [0.15, 0.2) is 23.4 Å². The Hall–Kier alpha value is -0.610. The van der Waals surface area contributed by atoms with E-state index in [1.807, 2.05) is 23.9 Å². The standard InChI is InChI=1S/C12H19N3S/c1-15-9-3-2-5-11(15)7-10-16-12-6-4-8-13-14-12/h4,6,8,11H,2-3,5,7,9-10H2,1H3. The third kappa shape index (κ3) is 3.46. The molecule has 1 unspecified atom stereocenters. The molecule has 1 fully saturated rings. The Morgan fingerprint density at radius 3 is 3.19 bits per heavy atom. The molecule has 88 valence electrons. The normalized spacial score (nSPS) is 22.2. The third-order valence-electron chi connectivity index (χ3n) is 3.17. The second-order valence-electron chi connectivity index (χ2n) is 4.33. The van der Waals surface area contributed by atoms with Crippen molar-refractivity contribution in [3.8, 4) is 0 Å². The van der Waals surface area contributed by atoms with E-state index in [1.54, 1.807) is 6.20 Å². The Kier molecular flexibility index (Phi) is 4.60. The maximum absolute atomic E-state index is 4.08. The van der Waals surface area contributed by atoms with Crippen LogP contribution in [-0.4, -0.2) is 40.5 Å². The molecular weight excluding hydrogens is 218 g/mol. The lowest BCUT2D eigenvalue weighted by molar-refractivity contribution is 0.182. The molecule has 1 aromatic heterocycles. The van der Waals surface area contributed by atoms with Crippen LogP contribution < -0.4 is 0 Å². The molecule has 1 saturated heterocycles. The number of aromatic nitrogens is 2. The lowest BCUT2D eigenvalue weighted by Crippen LogP contribution is -2.36. The van der Waals surface area contributed by atoms with Crippen molar-refractivity contribution in [2.24, 2.45) is 0 Å². The van der Waals surface area contributed by atoms with E-state index in [9.17, 15) is 0 Å². The number of rotatable bonds is 4. The van der Waals surface area contributed by atoms with Gasteiger partial charge in [0.1, 0.15) is 5.03 Å². The van der Waals surface area contributed by atoms with Crippen LogP contribution in [0.4, 0.5) is 0 Å². The summed E-state index contributed by atoms with van der Waals surface area (Å²) in [5.41, 5.74) is 0. The summed E-state index contributed by atoms with van der Waals surface area (Å²) < 4.78 is 0. The van der Waals surface area contributed by atoms with E-state index in [0.717, 1.165) is 16.8 Å². The minimum absolute atomic E-state index is 0.776. The van der Waals surface area contributed by atoms with E-state index in [2.05, 4.69) is 22.1 Å². The monoisotopic (exact) mass is 237 g/mol. The van der Waals surface area contributed by atoms with Gasteiger partial charge in [-0.25, -0.2) is 0 Å². The Labute approximate surface area is 102 Å². The van der Waals surface area contributed by atoms with Crippen LogP contribution in [0.1, 0.15) is 25.7 Å². The molecule has 1 aromatic rings. The molecule has 0 saturated carbocycles. The van der Waals surface area contributed by atoms with E-state index < -0.39 is 0 Å². The average Bonchev–Trinajstić information content (AvgIpc) is 2.33. The zero-order valence-electron chi connectivity index (χ0n) is 9.80. The molecule has 1 aliphatic heterocycles. The van der Waals surface area contributed by atoms with Crippen molar-refractivity contribution < 1.29 is 0 Å². The Balaban J connectivity index is 1.71. The first-order valence-corrected chi connectivity index (χ1v) is 6.95.